The van der Waals surface area contributed by atoms with E-state index in [0.717, 1.165) is 25.9 Å². The third kappa shape index (κ3) is 4.55. The van der Waals surface area contributed by atoms with E-state index in [4.69, 9.17) is 0 Å². The quantitative estimate of drug-likeness (QED) is 0.685. The van der Waals surface area contributed by atoms with Gasteiger partial charge < -0.3 is 14.4 Å². The van der Waals surface area contributed by atoms with Gasteiger partial charge in [0.15, 0.2) is 0 Å². The normalized spacial score (nSPS) is 18.7. The van der Waals surface area contributed by atoms with Gasteiger partial charge in [0.2, 0.25) is 10.0 Å². The second kappa shape index (κ2) is 9.14. The maximum absolute atomic E-state index is 13.5. The molecule has 2 aliphatic rings. The number of amides is 1. The van der Waals surface area contributed by atoms with E-state index in [1.165, 1.54) is 16.8 Å². The molecule has 2 saturated heterocycles. The van der Waals surface area contributed by atoms with Crippen LogP contribution in [0.4, 0.5) is 5.69 Å². The molecule has 2 fully saturated rings. The number of sulfonamides is 1. The highest BCUT2D eigenvalue weighted by molar-refractivity contribution is 7.89. The second-order valence-electron chi connectivity index (χ2n) is 9.69. The Morgan fingerprint density at radius 3 is 2.21 bits per heavy atom. The standard InChI is InChI=1S/C25H36N4O3S/c1-18-8-10-28(11-9-18)25(30)23-17-24(21(4)26(23)5)33(31,32)29-14-12-27(13-15-29)22-16-19(2)6-7-20(22)3/h6-7,16-18H,8-15H2,1-5H3. The molecule has 1 amide bonds. The van der Waals surface area contributed by atoms with E-state index < -0.39 is 10.0 Å². The van der Waals surface area contributed by atoms with Gasteiger partial charge in [0.25, 0.3) is 5.91 Å². The Morgan fingerprint density at radius 2 is 1.58 bits per heavy atom. The van der Waals surface area contributed by atoms with Crippen molar-refractivity contribution < 1.29 is 13.2 Å². The van der Waals surface area contributed by atoms with E-state index in [1.807, 2.05) is 4.90 Å². The number of benzene rings is 1. The molecule has 8 heteroatoms. The van der Waals surface area contributed by atoms with Crippen LogP contribution in [0.2, 0.25) is 0 Å². The number of hydrogen-bond acceptors (Lipinski definition) is 4. The fourth-order valence-electron chi connectivity index (χ4n) is 4.88. The van der Waals surface area contributed by atoms with Crippen LogP contribution in [0, 0.1) is 26.7 Å². The summed E-state index contributed by atoms with van der Waals surface area (Å²) in [5, 5.41) is 0. The van der Waals surface area contributed by atoms with E-state index in [0.29, 0.717) is 43.5 Å². The summed E-state index contributed by atoms with van der Waals surface area (Å²) in [7, 11) is -1.89. The molecule has 1 aromatic carbocycles. The first kappa shape index (κ1) is 23.8. The number of hydrogen-bond donors (Lipinski definition) is 0. The first-order valence-corrected chi connectivity index (χ1v) is 13.3. The van der Waals surface area contributed by atoms with E-state index in [-0.39, 0.29) is 10.8 Å². The van der Waals surface area contributed by atoms with Gasteiger partial charge in [-0.15, -0.1) is 0 Å². The number of carbonyl (C=O) groups is 1. The number of piperazine rings is 1. The SMILES string of the molecule is Cc1ccc(C)c(N2CCN(S(=O)(=O)c3cc(C(=O)N4CCC(C)CC4)n(C)c3C)CC2)c1. The highest BCUT2D eigenvalue weighted by Crippen LogP contribution is 2.28. The minimum Gasteiger partial charge on any atom is -0.369 e. The summed E-state index contributed by atoms with van der Waals surface area (Å²) in [4.78, 5) is 17.5. The average molecular weight is 473 g/mol. The van der Waals surface area contributed by atoms with Crippen molar-refractivity contribution in [1.29, 1.82) is 0 Å². The minimum atomic E-state index is -3.68. The molecule has 0 N–H and O–H groups in total. The predicted molar refractivity (Wildman–Crippen MR) is 131 cm³/mol. The van der Waals surface area contributed by atoms with Crippen LogP contribution < -0.4 is 4.90 Å². The lowest BCUT2D eigenvalue weighted by Gasteiger charge is -2.36. The van der Waals surface area contributed by atoms with Crippen molar-refractivity contribution in [1.82, 2.24) is 13.8 Å². The van der Waals surface area contributed by atoms with E-state index in [9.17, 15) is 13.2 Å². The van der Waals surface area contributed by atoms with E-state index in [1.54, 1.807) is 28.9 Å². The molecule has 0 unspecified atom stereocenters. The summed E-state index contributed by atoms with van der Waals surface area (Å²) in [5.41, 5.74) is 4.64. The predicted octanol–water partition coefficient (Wildman–Crippen LogP) is 3.33. The van der Waals surface area contributed by atoms with Crippen molar-refractivity contribution in [3.63, 3.8) is 0 Å². The number of anilines is 1. The lowest BCUT2D eigenvalue weighted by Crippen LogP contribution is -2.49. The lowest BCUT2D eigenvalue weighted by atomic mass is 9.99. The number of rotatable bonds is 4. The number of aromatic nitrogens is 1. The van der Waals surface area contributed by atoms with Crippen LogP contribution in [0.1, 0.15) is 47.1 Å². The number of likely N-dealkylation sites (tertiary alicyclic amines) is 1. The van der Waals surface area contributed by atoms with Crippen LogP contribution >= 0.6 is 0 Å². The Bertz CT molecular complexity index is 1140. The Balaban J connectivity index is 1.52. The number of piperidine rings is 1. The maximum Gasteiger partial charge on any atom is 0.270 e. The number of carbonyl (C=O) groups excluding carboxylic acids is 1. The van der Waals surface area contributed by atoms with Gasteiger partial charge in [-0.25, -0.2) is 8.42 Å². The first-order chi connectivity index (χ1) is 15.6. The molecule has 2 aliphatic heterocycles. The molecule has 7 nitrogen and oxygen atoms in total. The van der Waals surface area contributed by atoms with Gasteiger partial charge in [0.1, 0.15) is 10.6 Å². The maximum atomic E-state index is 13.5. The Labute approximate surface area is 198 Å². The Morgan fingerprint density at radius 1 is 0.939 bits per heavy atom. The molecule has 180 valence electrons. The average Bonchev–Trinajstić information content (AvgIpc) is 3.10. The molecule has 33 heavy (non-hydrogen) atoms. The summed E-state index contributed by atoms with van der Waals surface area (Å²) in [6.07, 6.45) is 1.98. The van der Waals surface area contributed by atoms with Crippen LogP contribution in [0.5, 0.6) is 0 Å². The Kier molecular flexibility index (Phi) is 6.60. The minimum absolute atomic E-state index is 0.0753. The van der Waals surface area contributed by atoms with Gasteiger partial charge in [-0.1, -0.05) is 19.1 Å². The lowest BCUT2D eigenvalue weighted by molar-refractivity contribution is 0.0687. The van der Waals surface area contributed by atoms with Crippen molar-refractivity contribution in [2.75, 3.05) is 44.2 Å². The van der Waals surface area contributed by atoms with Crippen molar-refractivity contribution in [2.24, 2.45) is 13.0 Å². The zero-order chi connectivity index (χ0) is 23.9. The molecule has 0 saturated carbocycles. The van der Waals surface area contributed by atoms with Crippen molar-refractivity contribution >= 4 is 21.6 Å². The highest BCUT2D eigenvalue weighted by Gasteiger charge is 2.34. The van der Waals surface area contributed by atoms with Crippen molar-refractivity contribution in [3.05, 3.63) is 46.8 Å². The summed E-state index contributed by atoms with van der Waals surface area (Å²) in [6.45, 7) is 11.8. The molecule has 0 radical (unpaired) electrons. The van der Waals surface area contributed by atoms with Crippen molar-refractivity contribution in [2.45, 2.75) is 45.4 Å². The molecule has 0 bridgehead atoms. The van der Waals surface area contributed by atoms with Gasteiger partial charge >= 0.3 is 0 Å². The van der Waals surface area contributed by atoms with Crippen LogP contribution in [0.15, 0.2) is 29.2 Å². The molecule has 0 spiro atoms. The van der Waals surface area contributed by atoms with E-state index in [2.05, 4.69) is 43.9 Å². The van der Waals surface area contributed by atoms with Gasteiger partial charge in [0, 0.05) is 57.7 Å². The monoisotopic (exact) mass is 472 g/mol. The molecular formula is C25H36N4O3S. The summed E-state index contributed by atoms with van der Waals surface area (Å²) in [5.74, 6) is 0.552. The first-order valence-electron chi connectivity index (χ1n) is 11.9. The van der Waals surface area contributed by atoms with Gasteiger partial charge in [-0.2, -0.15) is 4.31 Å². The number of nitrogens with zero attached hydrogens (tertiary/aromatic N) is 4. The summed E-state index contributed by atoms with van der Waals surface area (Å²) < 4.78 is 30.4. The van der Waals surface area contributed by atoms with E-state index >= 15 is 0 Å². The van der Waals surface area contributed by atoms with Crippen LogP contribution in [-0.2, 0) is 17.1 Å². The number of aryl methyl sites for hydroxylation is 2. The summed E-state index contributed by atoms with van der Waals surface area (Å²) in [6, 6.07) is 7.96. The third-order valence-corrected chi connectivity index (χ3v) is 9.35. The molecule has 0 aliphatic carbocycles. The molecule has 2 aromatic rings. The molecule has 4 rings (SSSR count). The largest absolute Gasteiger partial charge is 0.369 e. The molecule has 0 atom stereocenters. The van der Waals surface area contributed by atoms with Gasteiger partial charge in [-0.3, -0.25) is 4.79 Å². The smallest absolute Gasteiger partial charge is 0.270 e. The Hall–Kier alpha value is -2.32. The van der Waals surface area contributed by atoms with Crippen LogP contribution in [0.3, 0.4) is 0 Å². The van der Waals surface area contributed by atoms with Gasteiger partial charge in [0.05, 0.1) is 0 Å². The molecular weight excluding hydrogens is 436 g/mol. The molecule has 1 aromatic heterocycles. The fourth-order valence-corrected chi connectivity index (χ4v) is 6.57. The van der Waals surface area contributed by atoms with Crippen LogP contribution in [-0.4, -0.2) is 67.4 Å². The fraction of sp³-hybridized carbons (Fsp3) is 0.560. The highest BCUT2D eigenvalue weighted by atomic mass is 32.2. The van der Waals surface area contributed by atoms with Crippen LogP contribution in [0.25, 0.3) is 0 Å². The zero-order valence-electron chi connectivity index (χ0n) is 20.5. The van der Waals surface area contributed by atoms with Gasteiger partial charge in [-0.05, 0) is 62.8 Å². The zero-order valence-corrected chi connectivity index (χ0v) is 21.3. The summed E-state index contributed by atoms with van der Waals surface area (Å²) >= 11 is 0. The second-order valence-corrected chi connectivity index (χ2v) is 11.6. The third-order valence-electron chi connectivity index (χ3n) is 7.34. The molecule has 3 heterocycles. The van der Waals surface area contributed by atoms with Crippen molar-refractivity contribution in [3.8, 4) is 0 Å². The topological polar surface area (TPSA) is 65.9 Å².